The van der Waals surface area contributed by atoms with Crippen LogP contribution in [0.5, 0.6) is 0 Å². The van der Waals surface area contributed by atoms with Gasteiger partial charge in [-0.3, -0.25) is 4.68 Å². The monoisotopic (exact) mass is 351 g/mol. The Hall–Kier alpha value is -1.43. The van der Waals surface area contributed by atoms with Gasteiger partial charge in [0, 0.05) is 19.3 Å². The molecule has 114 valence electrons. The summed E-state index contributed by atoms with van der Waals surface area (Å²) in [5, 5.41) is 7.59. The molecule has 21 heavy (non-hydrogen) atoms. The topological polar surface area (TPSA) is 55.6 Å². The predicted octanol–water partition coefficient (Wildman–Crippen LogP) is 3.58. The lowest BCUT2D eigenvalue weighted by atomic mass is 10.1. The first-order chi connectivity index (χ1) is 9.93. The Labute approximate surface area is 134 Å². The number of hydrogen-bond donors (Lipinski definition) is 1. The number of aromatic nitrogens is 4. The van der Waals surface area contributed by atoms with Gasteiger partial charge in [0.15, 0.2) is 5.82 Å². The van der Waals surface area contributed by atoms with Crippen LogP contribution in [-0.2, 0) is 13.5 Å². The smallest absolute Gasteiger partial charge is 0.165 e. The molecular weight excluding hydrogens is 330 g/mol. The minimum atomic E-state index is 0.536. The zero-order chi connectivity index (χ0) is 15.6. The molecule has 2 rings (SSSR count). The van der Waals surface area contributed by atoms with Gasteiger partial charge in [-0.05, 0) is 42.1 Å². The Morgan fingerprint density at radius 2 is 2.05 bits per heavy atom. The van der Waals surface area contributed by atoms with Crippen LogP contribution in [0, 0.1) is 12.8 Å². The van der Waals surface area contributed by atoms with Crippen molar-refractivity contribution in [3.05, 3.63) is 22.1 Å². The second-order valence-corrected chi connectivity index (χ2v) is 6.35. The number of rotatable bonds is 5. The minimum absolute atomic E-state index is 0.536. The molecule has 2 aromatic heterocycles. The zero-order valence-corrected chi connectivity index (χ0v) is 14.8. The van der Waals surface area contributed by atoms with Crippen molar-refractivity contribution < 1.29 is 0 Å². The molecule has 0 spiro atoms. The summed E-state index contributed by atoms with van der Waals surface area (Å²) in [5.41, 5.74) is 3.08. The minimum Gasteiger partial charge on any atom is -0.369 e. The van der Waals surface area contributed by atoms with E-state index in [1.165, 1.54) is 0 Å². The van der Waals surface area contributed by atoms with Crippen LogP contribution in [0.25, 0.3) is 11.4 Å². The van der Waals surface area contributed by atoms with Crippen molar-refractivity contribution in [1.29, 1.82) is 0 Å². The third kappa shape index (κ3) is 3.43. The van der Waals surface area contributed by atoms with Crippen LogP contribution in [0.1, 0.15) is 32.2 Å². The summed E-state index contributed by atoms with van der Waals surface area (Å²) < 4.78 is 2.80. The van der Waals surface area contributed by atoms with Gasteiger partial charge in [-0.2, -0.15) is 5.10 Å². The predicted molar refractivity (Wildman–Crippen MR) is 89.4 cm³/mol. The van der Waals surface area contributed by atoms with E-state index in [1.54, 1.807) is 0 Å². The molecule has 0 fully saturated rings. The van der Waals surface area contributed by atoms with Crippen molar-refractivity contribution in [2.24, 2.45) is 13.0 Å². The first-order valence-corrected chi connectivity index (χ1v) is 8.02. The zero-order valence-electron chi connectivity index (χ0n) is 13.2. The lowest BCUT2D eigenvalue weighted by molar-refractivity contribution is 0.632. The van der Waals surface area contributed by atoms with Crippen LogP contribution in [0.2, 0.25) is 0 Å². The Bertz CT molecular complexity index is 633. The van der Waals surface area contributed by atoms with E-state index in [4.69, 9.17) is 4.98 Å². The summed E-state index contributed by atoms with van der Waals surface area (Å²) >= 11 is 3.63. The fourth-order valence-corrected chi connectivity index (χ4v) is 2.62. The maximum absolute atomic E-state index is 4.75. The number of hydrogen-bond acceptors (Lipinski definition) is 4. The SMILES string of the molecule is CCNc1nc(-c2cnn(C)c2C)nc(CC(C)C)c1Br. The lowest BCUT2D eigenvalue weighted by Crippen LogP contribution is -2.08. The van der Waals surface area contributed by atoms with Crippen LogP contribution < -0.4 is 5.32 Å². The molecule has 0 bridgehead atoms. The van der Waals surface area contributed by atoms with E-state index >= 15 is 0 Å². The van der Waals surface area contributed by atoms with Crippen molar-refractivity contribution in [3.63, 3.8) is 0 Å². The molecule has 6 heteroatoms. The average molecular weight is 352 g/mol. The Balaban J connectivity index is 2.55. The number of nitrogens with zero attached hydrogens (tertiary/aromatic N) is 4. The van der Waals surface area contributed by atoms with Crippen LogP contribution in [-0.4, -0.2) is 26.3 Å². The molecule has 0 aliphatic rings. The largest absolute Gasteiger partial charge is 0.369 e. The molecule has 0 saturated carbocycles. The average Bonchev–Trinajstić information content (AvgIpc) is 2.74. The molecule has 0 aliphatic heterocycles. The molecule has 0 amide bonds. The molecule has 0 radical (unpaired) electrons. The van der Waals surface area contributed by atoms with Gasteiger partial charge in [-0.1, -0.05) is 13.8 Å². The summed E-state index contributed by atoms with van der Waals surface area (Å²) in [4.78, 5) is 9.40. The van der Waals surface area contributed by atoms with Gasteiger partial charge < -0.3 is 5.32 Å². The Morgan fingerprint density at radius 3 is 2.57 bits per heavy atom. The standard InChI is InChI=1S/C15H22BrN5/c1-6-17-15-13(16)12(7-9(2)3)19-14(20-15)11-8-18-21(5)10(11)4/h8-9H,6-7H2,1-5H3,(H,17,19,20). The van der Waals surface area contributed by atoms with Gasteiger partial charge >= 0.3 is 0 Å². The van der Waals surface area contributed by atoms with Crippen molar-refractivity contribution in [3.8, 4) is 11.4 Å². The first kappa shape index (κ1) is 15.9. The second kappa shape index (κ2) is 6.56. The fraction of sp³-hybridized carbons (Fsp3) is 0.533. The molecule has 2 aromatic rings. The van der Waals surface area contributed by atoms with Crippen LogP contribution in [0.15, 0.2) is 10.7 Å². The Kier molecular flexibility index (Phi) is 4.98. The summed E-state index contributed by atoms with van der Waals surface area (Å²) in [6, 6.07) is 0. The number of anilines is 1. The molecule has 2 heterocycles. The second-order valence-electron chi connectivity index (χ2n) is 5.55. The van der Waals surface area contributed by atoms with E-state index < -0.39 is 0 Å². The highest BCUT2D eigenvalue weighted by atomic mass is 79.9. The van der Waals surface area contributed by atoms with E-state index in [-0.39, 0.29) is 0 Å². The number of halogens is 1. The summed E-state index contributed by atoms with van der Waals surface area (Å²) in [5.74, 6) is 2.12. The normalized spacial score (nSPS) is 11.2. The van der Waals surface area contributed by atoms with Gasteiger partial charge in [0.1, 0.15) is 5.82 Å². The van der Waals surface area contributed by atoms with Crippen molar-refractivity contribution in [1.82, 2.24) is 19.7 Å². The molecular formula is C15H22BrN5. The molecule has 5 nitrogen and oxygen atoms in total. The first-order valence-electron chi connectivity index (χ1n) is 7.23. The highest BCUT2D eigenvalue weighted by Crippen LogP contribution is 2.29. The lowest BCUT2D eigenvalue weighted by Gasteiger charge is -2.13. The van der Waals surface area contributed by atoms with E-state index in [0.717, 1.165) is 46.0 Å². The molecule has 0 aliphatic carbocycles. The number of nitrogens with one attached hydrogen (secondary N) is 1. The van der Waals surface area contributed by atoms with E-state index in [0.29, 0.717) is 5.92 Å². The van der Waals surface area contributed by atoms with Crippen LogP contribution >= 0.6 is 15.9 Å². The van der Waals surface area contributed by atoms with Crippen molar-refractivity contribution >= 4 is 21.7 Å². The highest BCUT2D eigenvalue weighted by molar-refractivity contribution is 9.10. The molecule has 1 N–H and O–H groups in total. The third-order valence-corrected chi connectivity index (χ3v) is 4.18. The van der Waals surface area contributed by atoms with E-state index in [1.807, 2.05) is 24.9 Å². The van der Waals surface area contributed by atoms with Crippen LogP contribution in [0.4, 0.5) is 5.82 Å². The highest BCUT2D eigenvalue weighted by Gasteiger charge is 2.16. The van der Waals surface area contributed by atoms with Crippen LogP contribution in [0.3, 0.4) is 0 Å². The van der Waals surface area contributed by atoms with E-state index in [2.05, 4.69) is 52.1 Å². The Morgan fingerprint density at radius 1 is 1.33 bits per heavy atom. The van der Waals surface area contributed by atoms with Gasteiger partial charge in [0.2, 0.25) is 0 Å². The third-order valence-electron chi connectivity index (χ3n) is 3.34. The molecule has 0 saturated heterocycles. The molecule has 0 unspecified atom stereocenters. The molecule has 0 aromatic carbocycles. The van der Waals surface area contributed by atoms with Gasteiger partial charge in [0.25, 0.3) is 0 Å². The maximum Gasteiger partial charge on any atom is 0.165 e. The fourth-order valence-electron chi connectivity index (χ4n) is 2.14. The molecule has 0 atom stereocenters. The van der Waals surface area contributed by atoms with Crippen molar-refractivity contribution in [2.45, 2.75) is 34.1 Å². The van der Waals surface area contributed by atoms with Gasteiger partial charge in [-0.25, -0.2) is 9.97 Å². The van der Waals surface area contributed by atoms with Crippen molar-refractivity contribution in [2.75, 3.05) is 11.9 Å². The maximum atomic E-state index is 4.75. The number of aryl methyl sites for hydroxylation is 1. The van der Waals surface area contributed by atoms with E-state index in [9.17, 15) is 0 Å². The summed E-state index contributed by atoms with van der Waals surface area (Å²) in [6.45, 7) is 9.30. The summed E-state index contributed by atoms with van der Waals surface area (Å²) in [6.07, 6.45) is 2.74. The van der Waals surface area contributed by atoms with Gasteiger partial charge in [-0.15, -0.1) is 0 Å². The quantitative estimate of drug-likeness (QED) is 0.894. The summed E-state index contributed by atoms with van der Waals surface area (Å²) in [7, 11) is 1.93. The van der Waals surface area contributed by atoms with Gasteiger partial charge in [0.05, 0.1) is 21.9 Å².